The van der Waals surface area contributed by atoms with E-state index in [0.717, 1.165) is 23.7 Å². The van der Waals surface area contributed by atoms with Crippen molar-refractivity contribution in [3.8, 4) is 5.75 Å². The molecular formula is C14H18N2O3S. The van der Waals surface area contributed by atoms with Crippen LogP contribution in [-0.4, -0.2) is 36.3 Å². The van der Waals surface area contributed by atoms with Gasteiger partial charge in [-0.1, -0.05) is 23.9 Å². The molecule has 0 spiro atoms. The highest BCUT2D eigenvalue weighted by Crippen LogP contribution is 2.18. The molecule has 1 aromatic heterocycles. The molecule has 0 unspecified atom stereocenters. The Labute approximate surface area is 122 Å². The second kappa shape index (κ2) is 7.91. The van der Waals surface area contributed by atoms with Gasteiger partial charge in [-0.15, -0.1) is 10.2 Å². The Morgan fingerprint density at radius 3 is 2.70 bits per heavy atom. The second-order valence-corrected chi connectivity index (χ2v) is 5.08. The maximum atomic E-state index is 5.58. The van der Waals surface area contributed by atoms with E-state index in [2.05, 4.69) is 10.2 Å². The first-order chi connectivity index (χ1) is 9.81. The number of aromatic nitrogens is 2. The van der Waals surface area contributed by atoms with Crippen LogP contribution in [0.4, 0.5) is 0 Å². The van der Waals surface area contributed by atoms with Crippen LogP contribution in [0.2, 0.25) is 0 Å². The molecule has 1 aromatic carbocycles. The van der Waals surface area contributed by atoms with Crippen LogP contribution < -0.4 is 4.74 Å². The predicted molar refractivity (Wildman–Crippen MR) is 77.3 cm³/mol. The van der Waals surface area contributed by atoms with Gasteiger partial charge in [-0.25, -0.2) is 0 Å². The lowest BCUT2D eigenvalue weighted by atomic mass is 10.1. The van der Waals surface area contributed by atoms with Crippen LogP contribution in [0.1, 0.15) is 18.4 Å². The van der Waals surface area contributed by atoms with Crippen LogP contribution in [0.3, 0.4) is 0 Å². The van der Waals surface area contributed by atoms with E-state index in [9.17, 15) is 0 Å². The molecular weight excluding hydrogens is 276 g/mol. The summed E-state index contributed by atoms with van der Waals surface area (Å²) >= 11 is 1.51. The van der Waals surface area contributed by atoms with Crippen LogP contribution in [0.5, 0.6) is 5.75 Å². The van der Waals surface area contributed by atoms with Gasteiger partial charge < -0.3 is 13.9 Å². The van der Waals surface area contributed by atoms with Crippen molar-refractivity contribution in [2.45, 2.75) is 18.6 Å². The number of hydrogen-bond donors (Lipinski definition) is 0. The Balaban J connectivity index is 1.85. The summed E-state index contributed by atoms with van der Waals surface area (Å²) in [5.74, 6) is 2.28. The molecule has 0 aliphatic rings. The average Bonchev–Trinajstić information content (AvgIpc) is 2.92. The van der Waals surface area contributed by atoms with E-state index < -0.39 is 0 Å². The number of thioether (sulfide) groups is 1. The Bertz CT molecular complexity index is 513. The molecule has 0 saturated carbocycles. The van der Waals surface area contributed by atoms with Gasteiger partial charge >= 0.3 is 0 Å². The molecule has 5 nitrogen and oxygen atoms in total. The molecule has 0 saturated heterocycles. The first kappa shape index (κ1) is 14.9. The van der Waals surface area contributed by atoms with E-state index in [0.29, 0.717) is 24.1 Å². The third-order valence-corrected chi connectivity index (χ3v) is 3.40. The fourth-order valence-electron chi connectivity index (χ4n) is 1.62. The molecule has 0 atom stereocenters. The van der Waals surface area contributed by atoms with Crippen LogP contribution in [-0.2, 0) is 11.2 Å². The van der Waals surface area contributed by atoms with E-state index >= 15 is 0 Å². The summed E-state index contributed by atoms with van der Waals surface area (Å²) in [7, 11) is 1.65. The Morgan fingerprint density at radius 1 is 1.20 bits per heavy atom. The largest absolute Gasteiger partial charge is 0.497 e. The van der Waals surface area contributed by atoms with E-state index in [1.54, 1.807) is 7.11 Å². The minimum absolute atomic E-state index is 0.591. The van der Waals surface area contributed by atoms with Crippen molar-refractivity contribution in [3.63, 3.8) is 0 Å². The second-order valence-electron chi connectivity index (χ2n) is 4.03. The van der Waals surface area contributed by atoms with Crippen molar-refractivity contribution < 1.29 is 13.9 Å². The van der Waals surface area contributed by atoms with Gasteiger partial charge in [0, 0.05) is 12.4 Å². The first-order valence-corrected chi connectivity index (χ1v) is 7.46. The molecule has 0 aliphatic carbocycles. The van der Waals surface area contributed by atoms with E-state index in [1.807, 2.05) is 31.2 Å². The molecule has 2 rings (SSSR count). The SMILES string of the molecule is CCOCCSc1nnc(Cc2ccc(OC)cc2)o1. The summed E-state index contributed by atoms with van der Waals surface area (Å²) in [4.78, 5) is 0. The quantitative estimate of drug-likeness (QED) is 0.551. The molecule has 108 valence electrons. The van der Waals surface area contributed by atoms with Gasteiger partial charge in [0.1, 0.15) is 5.75 Å². The van der Waals surface area contributed by atoms with Crippen LogP contribution >= 0.6 is 11.8 Å². The number of methoxy groups -OCH3 is 1. The molecule has 0 N–H and O–H groups in total. The Hall–Kier alpha value is -1.53. The van der Waals surface area contributed by atoms with Gasteiger partial charge in [0.2, 0.25) is 5.89 Å². The summed E-state index contributed by atoms with van der Waals surface area (Å²) in [6.45, 7) is 3.40. The highest BCUT2D eigenvalue weighted by molar-refractivity contribution is 7.99. The van der Waals surface area contributed by atoms with E-state index in [-0.39, 0.29) is 0 Å². The lowest BCUT2D eigenvalue weighted by Gasteiger charge is -2.00. The molecule has 0 bridgehead atoms. The first-order valence-electron chi connectivity index (χ1n) is 6.47. The van der Waals surface area contributed by atoms with Gasteiger partial charge in [0.15, 0.2) is 0 Å². The Kier molecular flexibility index (Phi) is 5.88. The molecule has 1 heterocycles. The smallest absolute Gasteiger partial charge is 0.276 e. The third kappa shape index (κ3) is 4.54. The monoisotopic (exact) mass is 294 g/mol. The van der Waals surface area contributed by atoms with Crippen molar-refractivity contribution in [2.24, 2.45) is 0 Å². The summed E-state index contributed by atoms with van der Waals surface area (Å²) in [6.07, 6.45) is 0.628. The van der Waals surface area contributed by atoms with Gasteiger partial charge in [0.05, 0.1) is 20.1 Å². The number of nitrogens with zero attached hydrogens (tertiary/aromatic N) is 2. The summed E-state index contributed by atoms with van der Waals surface area (Å²) in [5.41, 5.74) is 1.11. The van der Waals surface area contributed by atoms with Crippen LogP contribution in [0.15, 0.2) is 33.9 Å². The molecule has 2 aromatic rings. The van der Waals surface area contributed by atoms with E-state index in [4.69, 9.17) is 13.9 Å². The molecule has 0 radical (unpaired) electrons. The Morgan fingerprint density at radius 2 is 2.00 bits per heavy atom. The standard InChI is InChI=1S/C14H18N2O3S/c1-3-18-8-9-20-14-16-15-13(19-14)10-11-4-6-12(17-2)7-5-11/h4-7H,3,8-10H2,1-2H3. The van der Waals surface area contributed by atoms with Gasteiger partial charge in [-0.2, -0.15) is 0 Å². The zero-order chi connectivity index (χ0) is 14.2. The topological polar surface area (TPSA) is 57.4 Å². The molecule has 0 aliphatic heterocycles. The molecule has 20 heavy (non-hydrogen) atoms. The summed E-state index contributed by atoms with van der Waals surface area (Å²) in [5, 5.41) is 8.64. The molecule has 0 amide bonds. The zero-order valence-electron chi connectivity index (χ0n) is 11.7. The zero-order valence-corrected chi connectivity index (χ0v) is 12.5. The maximum absolute atomic E-state index is 5.58. The lowest BCUT2D eigenvalue weighted by Crippen LogP contribution is -1.95. The van der Waals surface area contributed by atoms with Crippen LogP contribution in [0, 0.1) is 0 Å². The number of hydrogen-bond acceptors (Lipinski definition) is 6. The normalized spacial score (nSPS) is 10.7. The van der Waals surface area contributed by atoms with Crippen molar-refractivity contribution in [3.05, 3.63) is 35.7 Å². The van der Waals surface area contributed by atoms with E-state index in [1.165, 1.54) is 11.8 Å². The summed E-state index contributed by atoms with van der Waals surface area (Å²) in [6, 6.07) is 7.82. The maximum Gasteiger partial charge on any atom is 0.276 e. The highest BCUT2D eigenvalue weighted by Gasteiger charge is 2.07. The van der Waals surface area contributed by atoms with Crippen molar-refractivity contribution >= 4 is 11.8 Å². The van der Waals surface area contributed by atoms with Crippen molar-refractivity contribution in [2.75, 3.05) is 26.1 Å². The van der Waals surface area contributed by atoms with Crippen molar-refractivity contribution in [1.29, 1.82) is 0 Å². The predicted octanol–water partition coefficient (Wildman–Crippen LogP) is 2.80. The van der Waals surface area contributed by atoms with Crippen molar-refractivity contribution in [1.82, 2.24) is 10.2 Å². The number of benzene rings is 1. The van der Waals surface area contributed by atoms with Gasteiger partial charge in [-0.05, 0) is 24.6 Å². The number of ether oxygens (including phenoxy) is 2. The lowest BCUT2D eigenvalue weighted by molar-refractivity contribution is 0.164. The number of rotatable bonds is 8. The minimum atomic E-state index is 0.591. The van der Waals surface area contributed by atoms with Gasteiger partial charge in [-0.3, -0.25) is 0 Å². The fraction of sp³-hybridized carbons (Fsp3) is 0.429. The molecule has 6 heteroatoms. The average molecular weight is 294 g/mol. The van der Waals surface area contributed by atoms with Gasteiger partial charge in [0.25, 0.3) is 5.22 Å². The minimum Gasteiger partial charge on any atom is -0.497 e. The molecule has 0 fully saturated rings. The van der Waals surface area contributed by atoms with Crippen LogP contribution in [0.25, 0.3) is 0 Å². The summed E-state index contributed by atoms with van der Waals surface area (Å²) < 4.78 is 16.0. The highest BCUT2D eigenvalue weighted by atomic mass is 32.2. The third-order valence-electron chi connectivity index (χ3n) is 2.62. The fourth-order valence-corrected chi connectivity index (χ4v) is 2.25.